The summed E-state index contributed by atoms with van der Waals surface area (Å²) in [6, 6.07) is 10.8. The first-order chi connectivity index (χ1) is 13.9. The van der Waals surface area contributed by atoms with Gasteiger partial charge in [0.05, 0.1) is 29.4 Å². The molecule has 2 aliphatic heterocycles. The topological polar surface area (TPSA) is 62.2 Å². The summed E-state index contributed by atoms with van der Waals surface area (Å²) >= 11 is 12.0. The summed E-state index contributed by atoms with van der Waals surface area (Å²) in [7, 11) is 1.61. The summed E-state index contributed by atoms with van der Waals surface area (Å²) in [5.41, 5.74) is 1.17. The van der Waals surface area contributed by atoms with Crippen LogP contribution in [0.15, 0.2) is 36.4 Å². The summed E-state index contributed by atoms with van der Waals surface area (Å²) in [6.07, 6.45) is 0.955. The van der Waals surface area contributed by atoms with Gasteiger partial charge in [-0.15, -0.1) is 0 Å². The lowest BCUT2D eigenvalue weighted by Crippen LogP contribution is -2.51. The van der Waals surface area contributed by atoms with Crippen molar-refractivity contribution >= 4 is 23.2 Å². The normalized spacial score (nSPS) is 22.0. The van der Waals surface area contributed by atoms with Gasteiger partial charge in [0.15, 0.2) is 0 Å². The highest BCUT2D eigenvalue weighted by Crippen LogP contribution is 2.45. The molecule has 7 heteroatoms. The number of ether oxygens (including phenoxy) is 2. The number of likely N-dealkylation sites (tertiary alicyclic amines) is 1. The second kappa shape index (κ2) is 8.32. The van der Waals surface area contributed by atoms with Gasteiger partial charge in [0.1, 0.15) is 17.1 Å². The number of halogens is 2. The molecule has 0 aliphatic carbocycles. The van der Waals surface area contributed by atoms with E-state index in [4.69, 9.17) is 32.7 Å². The van der Waals surface area contributed by atoms with Gasteiger partial charge in [-0.3, -0.25) is 0 Å². The maximum Gasteiger partial charge on any atom is 0.126 e. The predicted octanol–water partition coefficient (Wildman–Crippen LogP) is 4.39. The van der Waals surface area contributed by atoms with Gasteiger partial charge in [0.2, 0.25) is 0 Å². The maximum atomic E-state index is 10.7. The first-order valence-corrected chi connectivity index (χ1v) is 10.6. The lowest BCUT2D eigenvalue weighted by molar-refractivity contribution is -0.0588. The molecule has 2 aromatic rings. The fourth-order valence-corrected chi connectivity index (χ4v) is 4.57. The van der Waals surface area contributed by atoms with Crippen LogP contribution in [0, 0.1) is 0 Å². The summed E-state index contributed by atoms with van der Waals surface area (Å²) in [6.45, 7) is 2.09. The van der Waals surface area contributed by atoms with Gasteiger partial charge >= 0.3 is 0 Å². The molecule has 2 aromatic carbocycles. The summed E-state index contributed by atoms with van der Waals surface area (Å²) in [5, 5.41) is 22.2. The van der Waals surface area contributed by atoms with Crippen molar-refractivity contribution in [2.24, 2.45) is 0 Å². The smallest absolute Gasteiger partial charge is 0.126 e. The standard InChI is InChI=1S/C22H25Cl2NO4/c1-28-15-3-5-21-16(11-15)19(26)12-22(29-21)6-8-25(9-7-22)13-20(27)14-2-4-17(23)18(24)10-14/h2-5,10-11,19-20,26-27H,6-9,12-13H2,1H3/t19-,20-/m1/s1. The minimum Gasteiger partial charge on any atom is -0.497 e. The number of aliphatic hydroxyl groups is 2. The minimum absolute atomic E-state index is 0.369. The molecular weight excluding hydrogens is 413 g/mol. The zero-order valence-electron chi connectivity index (χ0n) is 16.3. The van der Waals surface area contributed by atoms with E-state index in [1.165, 1.54) is 0 Å². The van der Waals surface area contributed by atoms with E-state index in [1.807, 2.05) is 18.2 Å². The molecule has 2 aliphatic rings. The van der Waals surface area contributed by atoms with E-state index in [9.17, 15) is 10.2 Å². The molecule has 0 amide bonds. The van der Waals surface area contributed by atoms with Gasteiger partial charge < -0.3 is 24.6 Å². The van der Waals surface area contributed by atoms with Crippen LogP contribution < -0.4 is 9.47 Å². The fraction of sp³-hybridized carbons (Fsp3) is 0.455. The highest BCUT2D eigenvalue weighted by atomic mass is 35.5. The van der Waals surface area contributed by atoms with Crippen LogP contribution in [0.25, 0.3) is 0 Å². The minimum atomic E-state index is -0.634. The number of nitrogens with zero attached hydrogens (tertiary/aromatic N) is 1. The summed E-state index contributed by atoms with van der Waals surface area (Å²) in [5.74, 6) is 1.45. The molecule has 0 saturated carbocycles. The molecule has 2 atom stereocenters. The molecule has 156 valence electrons. The molecule has 2 heterocycles. The number of hydrogen-bond acceptors (Lipinski definition) is 5. The molecule has 1 spiro atoms. The van der Waals surface area contributed by atoms with Crippen molar-refractivity contribution in [3.63, 3.8) is 0 Å². The molecule has 0 aromatic heterocycles. The van der Waals surface area contributed by atoms with Crippen LogP contribution in [-0.2, 0) is 0 Å². The molecule has 0 unspecified atom stereocenters. The first kappa shape index (κ1) is 20.8. The molecule has 0 radical (unpaired) electrons. The van der Waals surface area contributed by atoms with E-state index in [1.54, 1.807) is 25.3 Å². The van der Waals surface area contributed by atoms with Crippen LogP contribution in [0.1, 0.15) is 42.6 Å². The average molecular weight is 438 g/mol. The Labute approximate surface area is 180 Å². The van der Waals surface area contributed by atoms with Crippen molar-refractivity contribution in [1.82, 2.24) is 4.90 Å². The number of fused-ring (bicyclic) bond motifs is 1. The fourth-order valence-electron chi connectivity index (χ4n) is 4.26. The van der Waals surface area contributed by atoms with Crippen molar-refractivity contribution in [1.29, 1.82) is 0 Å². The van der Waals surface area contributed by atoms with Gasteiger partial charge in [-0.1, -0.05) is 29.3 Å². The van der Waals surface area contributed by atoms with Crippen LogP contribution in [0.5, 0.6) is 11.5 Å². The third kappa shape index (κ3) is 4.35. The van der Waals surface area contributed by atoms with Crippen molar-refractivity contribution < 1.29 is 19.7 Å². The number of piperidine rings is 1. The van der Waals surface area contributed by atoms with E-state index in [-0.39, 0.29) is 5.60 Å². The van der Waals surface area contributed by atoms with Gasteiger partial charge in [-0.05, 0) is 48.7 Å². The predicted molar refractivity (Wildman–Crippen MR) is 113 cm³/mol. The molecular formula is C22H25Cl2NO4. The zero-order valence-corrected chi connectivity index (χ0v) is 17.8. The van der Waals surface area contributed by atoms with Crippen molar-refractivity contribution in [3.05, 3.63) is 57.6 Å². The Balaban J connectivity index is 1.39. The van der Waals surface area contributed by atoms with Crippen LogP contribution in [-0.4, -0.2) is 47.5 Å². The number of β-amino-alcohol motifs (C(OH)–C–C–N with tert-alkyl or cyclic N) is 1. The molecule has 1 saturated heterocycles. The third-order valence-electron chi connectivity index (χ3n) is 5.99. The van der Waals surface area contributed by atoms with Crippen LogP contribution in [0.2, 0.25) is 10.0 Å². The molecule has 2 N–H and O–H groups in total. The van der Waals surface area contributed by atoms with E-state index in [0.29, 0.717) is 28.8 Å². The van der Waals surface area contributed by atoms with E-state index < -0.39 is 12.2 Å². The Bertz CT molecular complexity index is 883. The number of hydrogen-bond donors (Lipinski definition) is 2. The van der Waals surface area contributed by atoms with Crippen LogP contribution in [0.4, 0.5) is 0 Å². The Morgan fingerprint density at radius 1 is 1.17 bits per heavy atom. The average Bonchev–Trinajstić information content (AvgIpc) is 2.71. The van der Waals surface area contributed by atoms with Crippen LogP contribution >= 0.6 is 23.2 Å². The lowest BCUT2D eigenvalue weighted by Gasteiger charge is -2.46. The monoisotopic (exact) mass is 437 g/mol. The molecule has 5 nitrogen and oxygen atoms in total. The number of aliphatic hydroxyl groups excluding tert-OH is 2. The van der Waals surface area contributed by atoms with Crippen molar-refractivity contribution in [3.8, 4) is 11.5 Å². The lowest BCUT2D eigenvalue weighted by atomic mass is 9.81. The highest BCUT2D eigenvalue weighted by Gasteiger charge is 2.43. The third-order valence-corrected chi connectivity index (χ3v) is 6.73. The van der Waals surface area contributed by atoms with Crippen molar-refractivity contribution in [2.75, 3.05) is 26.7 Å². The van der Waals surface area contributed by atoms with E-state index in [0.717, 1.165) is 42.8 Å². The molecule has 0 bridgehead atoms. The van der Waals surface area contributed by atoms with E-state index in [2.05, 4.69) is 4.90 Å². The second-order valence-electron chi connectivity index (χ2n) is 7.90. The van der Waals surface area contributed by atoms with Gasteiger partial charge in [0.25, 0.3) is 0 Å². The van der Waals surface area contributed by atoms with Gasteiger partial charge in [0, 0.05) is 31.6 Å². The Kier molecular flexibility index (Phi) is 5.96. The number of benzene rings is 2. The quantitative estimate of drug-likeness (QED) is 0.742. The highest BCUT2D eigenvalue weighted by molar-refractivity contribution is 6.42. The largest absolute Gasteiger partial charge is 0.497 e. The Morgan fingerprint density at radius 2 is 1.93 bits per heavy atom. The Hall–Kier alpha value is -1.50. The summed E-state index contributed by atoms with van der Waals surface area (Å²) < 4.78 is 11.6. The first-order valence-electron chi connectivity index (χ1n) is 9.79. The molecule has 29 heavy (non-hydrogen) atoms. The SMILES string of the molecule is COc1ccc2c(c1)[C@H](O)CC1(CCN(C[C@@H](O)c3ccc(Cl)c(Cl)c3)CC1)O2. The Morgan fingerprint density at radius 3 is 2.62 bits per heavy atom. The number of methoxy groups -OCH3 is 1. The van der Waals surface area contributed by atoms with Crippen LogP contribution in [0.3, 0.4) is 0 Å². The number of rotatable bonds is 4. The van der Waals surface area contributed by atoms with Crippen molar-refractivity contribution in [2.45, 2.75) is 37.1 Å². The summed E-state index contributed by atoms with van der Waals surface area (Å²) in [4.78, 5) is 2.22. The van der Waals surface area contributed by atoms with E-state index >= 15 is 0 Å². The second-order valence-corrected chi connectivity index (χ2v) is 8.71. The zero-order chi connectivity index (χ0) is 20.6. The molecule has 4 rings (SSSR count). The van der Waals surface area contributed by atoms with Gasteiger partial charge in [-0.2, -0.15) is 0 Å². The maximum absolute atomic E-state index is 10.7. The molecule has 1 fully saturated rings. The van der Waals surface area contributed by atoms with Gasteiger partial charge in [-0.25, -0.2) is 0 Å².